The van der Waals surface area contributed by atoms with Crippen LogP contribution in [0, 0.1) is 11.3 Å². The Morgan fingerprint density at radius 1 is 1.46 bits per heavy atom. The number of ether oxygens (including phenoxy) is 1. The third kappa shape index (κ3) is 5.71. The van der Waals surface area contributed by atoms with Gasteiger partial charge in [-0.25, -0.2) is 14.4 Å². The highest BCUT2D eigenvalue weighted by atomic mass is 19.1. The highest BCUT2D eigenvalue weighted by Crippen LogP contribution is 2.28. The fraction of sp³-hybridized carbons (Fsp3) is 0.333. The molecule has 1 amide bonds. The van der Waals surface area contributed by atoms with Gasteiger partial charge in [0.2, 0.25) is 5.95 Å². The molecule has 0 radical (unpaired) electrons. The second-order valence-electron chi connectivity index (χ2n) is 8.33. The van der Waals surface area contributed by atoms with Crippen molar-refractivity contribution in [3.8, 4) is 23.2 Å². The number of piperidine rings is 1. The van der Waals surface area contributed by atoms with Crippen molar-refractivity contribution in [2.75, 3.05) is 18.4 Å². The number of nitriles is 1. The van der Waals surface area contributed by atoms with Gasteiger partial charge in [0.05, 0.1) is 24.4 Å². The summed E-state index contributed by atoms with van der Waals surface area (Å²) in [6, 6.07) is 6.77. The second kappa shape index (κ2) is 11.1. The molecule has 13 heteroatoms. The van der Waals surface area contributed by atoms with Crippen molar-refractivity contribution in [1.82, 2.24) is 29.6 Å². The number of anilines is 2. The van der Waals surface area contributed by atoms with E-state index in [9.17, 15) is 24.7 Å². The molecule has 0 bridgehead atoms. The van der Waals surface area contributed by atoms with Crippen molar-refractivity contribution in [3.63, 3.8) is 0 Å². The van der Waals surface area contributed by atoms with Crippen LogP contribution < -0.4 is 10.1 Å². The van der Waals surface area contributed by atoms with Crippen LogP contribution in [-0.4, -0.2) is 77.2 Å². The van der Waals surface area contributed by atoms with E-state index in [1.165, 1.54) is 17.3 Å². The number of hydrogen-bond donors (Lipinski definition) is 3. The van der Waals surface area contributed by atoms with Crippen LogP contribution in [0.25, 0.3) is 11.4 Å². The SMILES string of the molecule is C=C[C@H](O)C(=O)N1CC[C@H](Oc2ccc(-c3ncnc(Nc4cn(C)nc4CO)n3)cc2C#N)[C@H](F)C1. The maximum atomic E-state index is 14.8. The maximum absolute atomic E-state index is 14.8. The number of alkyl halides is 1. The zero-order valence-electron chi connectivity index (χ0n) is 20.0. The van der Waals surface area contributed by atoms with E-state index in [0.29, 0.717) is 16.9 Å². The van der Waals surface area contributed by atoms with Gasteiger partial charge < -0.3 is 25.2 Å². The van der Waals surface area contributed by atoms with Gasteiger partial charge in [-0.1, -0.05) is 12.7 Å². The number of aromatic nitrogens is 5. The summed E-state index contributed by atoms with van der Waals surface area (Å²) < 4.78 is 22.2. The quantitative estimate of drug-likeness (QED) is 0.377. The summed E-state index contributed by atoms with van der Waals surface area (Å²) in [5.74, 6) is 0.0845. The van der Waals surface area contributed by atoms with Crippen molar-refractivity contribution in [1.29, 1.82) is 5.26 Å². The Balaban J connectivity index is 1.48. The van der Waals surface area contributed by atoms with Crippen LogP contribution in [0.4, 0.5) is 16.0 Å². The lowest BCUT2D eigenvalue weighted by molar-refractivity contribution is -0.141. The maximum Gasteiger partial charge on any atom is 0.255 e. The van der Waals surface area contributed by atoms with E-state index in [1.54, 1.807) is 30.1 Å². The van der Waals surface area contributed by atoms with Crippen LogP contribution in [0.1, 0.15) is 17.7 Å². The fourth-order valence-electron chi connectivity index (χ4n) is 3.90. The topological polar surface area (TPSA) is 162 Å². The highest BCUT2D eigenvalue weighted by molar-refractivity contribution is 5.82. The summed E-state index contributed by atoms with van der Waals surface area (Å²) in [4.78, 5) is 26.0. The Kier molecular flexibility index (Phi) is 7.71. The molecule has 4 rings (SSSR count). The molecule has 192 valence electrons. The summed E-state index contributed by atoms with van der Waals surface area (Å²) in [7, 11) is 1.72. The number of nitrogens with zero attached hydrogens (tertiary/aromatic N) is 7. The molecule has 3 heterocycles. The summed E-state index contributed by atoms with van der Waals surface area (Å²) >= 11 is 0. The summed E-state index contributed by atoms with van der Waals surface area (Å²) in [5, 5.41) is 35.9. The van der Waals surface area contributed by atoms with E-state index in [4.69, 9.17) is 4.74 Å². The molecule has 3 aromatic rings. The van der Waals surface area contributed by atoms with E-state index >= 15 is 0 Å². The first-order valence-electron chi connectivity index (χ1n) is 11.4. The molecule has 0 aliphatic carbocycles. The van der Waals surface area contributed by atoms with Gasteiger partial charge in [0.15, 0.2) is 18.1 Å². The van der Waals surface area contributed by atoms with Gasteiger partial charge in [0, 0.05) is 31.8 Å². The van der Waals surface area contributed by atoms with Crippen LogP contribution in [-0.2, 0) is 18.4 Å². The minimum absolute atomic E-state index is 0.162. The van der Waals surface area contributed by atoms with E-state index in [0.717, 1.165) is 6.08 Å². The Morgan fingerprint density at radius 3 is 2.97 bits per heavy atom. The number of hydrogen-bond acceptors (Lipinski definition) is 10. The average molecular weight is 509 g/mol. The Hall–Kier alpha value is -4.41. The van der Waals surface area contributed by atoms with Gasteiger partial charge >= 0.3 is 0 Å². The molecular weight excluding hydrogens is 483 g/mol. The summed E-state index contributed by atoms with van der Waals surface area (Å²) in [6.07, 6.45) is 0.517. The predicted octanol–water partition coefficient (Wildman–Crippen LogP) is 1.24. The summed E-state index contributed by atoms with van der Waals surface area (Å²) in [5.41, 5.74) is 1.64. The molecule has 1 aromatic carbocycles. The number of amides is 1. The Labute approximate surface area is 211 Å². The van der Waals surface area contributed by atoms with Crippen molar-refractivity contribution < 1.29 is 24.1 Å². The molecule has 0 spiro atoms. The Morgan fingerprint density at radius 2 is 2.27 bits per heavy atom. The zero-order valence-corrected chi connectivity index (χ0v) is 20.0. The van der Waals surface area contributed by atoms with Crippen LogP contribution >= 0.6 is 0 Å². The molecule has 0 saturated carbocycles. The van der Waals surface area contributed by atoms with Gasteiger partial charge in [-0.15, -0.1) is 0 Å². The lowest BCUT2D eigenvalue weighted by Gasteiger charge is -2.35. The summed E-state index contributed by atoms with van der Waals surface area (Å²) in [6.45, 7) is 3.07. The number of rotatable bonds is 8. The van der Waals surface area contributed by atoms with Gasteiger partial charge in [-0.3, -0.25) is 9.48 Å². The number of nitrogens with one attached hydrogen (secondary N) is 1. The van der Waals surface area contributed by atoms with E-state index in [1.807, 2.05) is 0 Å². The Bertz CT molecular complexity index is 1340. The minimum atomic E-state index is -1.51. The number of carbonyl (C=O) groups excluding carboxylic acids is 1. The number of carbonyl (C=O) groups is 1. The largest absolute Gasteiger partial charge is 0.486 e. The van der Waals surface area contributed by atoms with Gasteiger partial charge in [-0.05, 0) is 18.2 Å². The van der Waals surface area contributed by atoms with E-state index in [2.05, 4.69) is 38.0 Å². The monoisotopic (exact) mass is 508 g/mol. The number of halogens is 1. The second-order valence-corrected chi connectivity index (χ2v) is 8.33. The molecule has 1 fully saturated rings. The first-order valence-corrected chi connectivity index (χ1v) is 11.4. The van der Waals surface area contributed by atoms with E-state index < -0.39 is 24.3 Å². The number of likely N-dealkylation sites (tertiary alicyclic amines) is 1. The van der Waals surface area contributed by atoms with Crippen LogP contribution in [0.2, 0.25) is 0 Å². The standard InChI is InChI=1S/C24H25FN8O4/c1-3-19(35)23(36)33-7-6-21(16(25)10-33)37-20-5-4-14(8-15(20)9-26)22-27-13-28-24(30-22)29-17-11-32(2)31-18(17)12-34/h3-5,8,11,13,16,19,21,34-35H,1,6-7,10,12H2,2H3,(H,27,28,29,30)/t16-,19+,21+/m1/s1. The zero-order chi connectivity index (χ0) is 26.5. The van der Waals surface area contributed by atoms with Crippen molar-refractivity contribution in [2.45, 2.75) is 31.4 Å². The first-order chi connectivity index (χ1) is 17.8. The van der Waals surface area contributed by atoms with Crippen molar-refractivity contribution in [3.05, 3.63) is 54.6 Å². The molecule has 0 unspecified atom stereocenters. The average Bonchev–Trinajstić information content (AvgIpc) is 3.27. The molecule has 1 saturated heterocycles. The highest BCUT2D eigenvalue weighted by Gasteiger charge is 2.34. The normalized spacial score (nSPS) is 18.1. The van der Waals surface area contributed by atoms with Crippen LogP contribution in [0.5, 0.6) is 5.75 Å². The minimum Gasteiger partial charge on any atom is -0.486 e. The smallest absolute Gasteiger partial charge is 0.255 e. The molecule has 3 atom stereocenters. The predicted molar refractivity (Wildman–Crippen MR) is 129 cm³/mol. The van der Waals surface area contributed by atoms with Gasteiger partial charge in [0.25, 0.3) is 5.91 Å². The third-order valence-electron chi connectivity index (χ3n) is 5.78. The molecule has 2 aromatic heterocycles. The first kappa shape index (κ1) is 25.7. The van der Waals surface area contributed by atoms with Crippen molar-refractivity contribution in [2.24, 2.45) is 7.05 Å². The number of aliphatic hydroxyl groups is 2. The molecule has 1 aliphatic heterocycles. The molecule has 3 N–H and O–H groups in total. The number of aliphatic hydroxyl groups excluding tert-OH is 2. The van der Waals surface area contributed by atoms with E-state index in [-0.39, 0.29) is 49.2 Å². The lowest BCUT2D eigenvalue weighted by atomic mass is 10.0. The third-order valence-corrected chi connectivity index (χ3v) is 5.78. The molecule has 37 heavy (non-hydrogen) atoms. The number of aryl methyl sites for hydroxylation is 1. The lowest BCUT2D eigenvalue weighted by Crippen LogP contribution is -2.51. The van der Waals surface area contributed by atoms with Crippen LogP contribution in [0.15, 0.2) is 43.4 Å². The molecule has 12 nitrogen and oxygen atoms in total. The molecular formula is C24H25FN8O4. The van der Waals surface area contributed by atoms with Crippen molar-refractivity contribution >= 4 is 17.5 Å². The fourth-order valence-corrected chi connectivity index (χ4v) is 3.90. The van der Waals surface area contributed by atoms with Gasteiger partial charge in [0.1, 0.15) is 29.9 Å². The van der Waals surface area contributed by atoms with Crippen LogP contribution in [0.3, 0.4) is 0 Å². The van der Waals surface area contributed by atoms with Gasteiger partial charge in [-0.2, -0.15) is 15.3 Å². The molecule has 1 aliphatic rings. The number of benzene rings is 1.